The number of hydrogen-bond donors (Lipinski definition) is 1. The van der Waals surface area contributed by atoms with E-state index in [-0.39, 0.29) is 12.3 Å². The first kappa shape index (κ1) is 17.1. The molecule has 0 aliphatic carbocycles. The van der Waals surface area contributed by atoms with Crippen LogP contribution in [0.4, 0.5) is 0 Å². The summed E-state index contributed by atoms with van der Waals surface area (Å²) in [4.78, 5) is 25.6. The van der Waals surface area contributed by atoms with Crippen LogP contribution < -0.4 is 4.74 Å². The SMILES string of the molecule is Cc1cccc(OCCN2C(=O)CC[C@H](C(=O)O)[C@H]2c2ccco2)c1. The Morgan fingerprint density at radius 1 is 1.36 bits per heavy atom. The van der Waals surface area contributed by atoms with E-state index < -0.39 is 17.9 Å². The number of carboxylic acids is 1. The van der Waals surface area contributed by atoms with E-state index in [1.165, 1.54) is 6.26 Å². The number of carboxylic acid groups (broad SMARTS) is 1. The molecule has 2 heterocycles. The van der Waals surface area contributed by atoms with E-state index >= 15 is 0 Å². The number of aryl methyl sites for hydroxylation is 1. The molecule has 3 rings (SSSR count). The van der Waals surface area contributed by atoms with Gasteiger partial charge in [0.15, 0.2) is 0 Å². The molecule has 0 saturated carbocycles. The quantitative estimate of drug-likeness (QED) is 0.872. The second-order valence-corrected chi connectivity index (χ2v) is 6.20. The molecule has 1 aromatic carbocycles. The Bertz CT molecular complexity index is 740. The highest BCUT2D eigenvalue weighted by Crippen LogP contribution is 2.37. The third kappa shape index (κ3) is 3.84. The minimum absolute atomic E-state index is 0.0771. The lowest BCUT2D eigenvalue weighted by atomic mass is 9.87. The average molecular weight is 343 g/mol. The van der Waals surface area contributed by atoms with Gasteiger partial charge in [-0.25, -0.2) is 0 Å². The Morgan fingerprint density at radius 3 is 2.88 bits per heavy atom. The van der Waals surface area contributed by atoms with Crippen LogP contribution in [0.5, 0.6) is 5.75 Å². The highest BCUT2D eigenvalue weighted by molar-refractivity contribution is 5.81. The van der Waals surface area contributed by atoms with Crippen LogP contribution in [0.3, 0.4) is 0 Å². The van der Waals surface area contributed by atoms with Crippen molar-refractivity contribution in [3.63, 3.8) is 0 Å². The first-order valence-corrected chi connectivity index (χ1v) is 8.31. The van der Waals surface area contributed by atoms with E-state index in [0.29, 0.717) is 25.3 Å². The molecule has 1 aromatic heterocycles. The summed E-state index contributed by atoms with van der Waals surface area (Å²) in [5.74, 6) is -0.446. The zero-order chi connectivity index (χ0) is 17.8. The number of carbonyl (C=O) groups excluding carboxylic acids is 1. The molecule has 1 N–H and O–H groups in total. The normalized spacial score (nSPS) is 20.5. The molecule has 1 aliphatic heterocycles. The van der Waals surface area contributed by atoms with Crippen molar-refractivity contribution >= 4 is 11.9 Å². The van der Waals surface area contributed by atoms with Crippen molar-refractivity contribution in [2.24, 2.45) is 5.92 Å². The van der Waals surface area contributed by atoms with Gasteiger partial charge in [-0.3, -0.25) is 9.59 Å². The summed E-state index contributed by atoms with van der Waals surface area (Å²) in [6.45, 7) is 2.58. The smallest absolute Gasteiger partial charge is 0.309 e. The van der Waals surface area contributed by atoms with E-state index in [1.54, 1.807) is 17.0 Å². The fraction of sp³-hybridized carbons (Fsp3) is 0.368. The fourth-order valence-electron chi connectivity index (χ4n) is 3.25. The van der Waals surface area contributed by atoms with Crippen molar-refractivity contribution in [3.05, 3.63) is 54.0 Å². The number of piperidine rings is 1. The molecule has 6 heteroatoms. The molecule has 1 fully saturated rings. The van der Waals surface area contributed by atoms with Crippen molar-refractivity contribution in [3.8, 4) is 5.75 Å². The average Bonchev–Trinajstić information content (AvgIpc) is 3.10. The third-order valence-electron chi connectivity index (χ3n) is 4.45. The zero-order valence-corrected chi connectivity index (χ0v) is 14.1. The maximum atomic E-state index is 12.4. The fourth-order valence-corrected chi connectivity index (χ4v) is 3.25. The molecule has 132 valence electrons. The van der Waals surface area contributed by atoms with Crippen LogP contribution in [0.2, 0.25) is 0 Å². The van der Waals surface area contributed by atoms with E-state index in [4.69, 9.17) is 9.15 Å². The topological polar surface area (TPSA) is 80.0 Å². The van der Waals surface area contributed by atoms with E-state index in [1.807, 2.05) is 31.2 Å². The Labute approximate surface area is 146 Å². The van der Waals surface area contributed by atoms with Gasteiger partial charge < -0.3 is 19.2 Å². The number of hydrogen-bond acceptors (Lipinski definition) is 4. The Kier molecular flexibility index (Phi) is 5.07. The van der Waals surface area contributed by atoms with Crippen molar-refractivity contribution < 1.29 is 23.8 Å². The van der Waals surface area contributed by atoms with Gasteiger partial charge in [0.05, 0.1) is 18.7 Å². The molecule has 0 bridgehead atoms. The second kappa shape index (κ2) is 7.42. The summed E-state index contributed by atoms with van der Waals surface area (Å²) < 4.78 is 11.1. The van der Waals surface area contributed by atoms with Crippen molar-refractivity contribution in [2.45, 2.75) is 25.8 Å². The summed E-state index contributed by atoms with van der Waals surface area (Å²) in [7, 11) is 0. The van der Waals surface area contributed by atoms with E-state index in [2.05, 4.69) is 0 Å². The van der Waals surface area contributed by atoms with Crippen LogP contribution in [-0.2, 0) is 9.59 Å². The minimum Gasteiger partial charge on any atom is -0.492 e. The van der Waals surface area contributed by atoms with Crippen LogP contribution in [0.1, 0.15) is 30.2 Å². The Morgan fingerprint density at radius 2 is 2.20 bits per heavy atom. The molecule has 1 amide bonds. The van der Waals surface area contributed by atoms with Crippen LogP contribution in [0, 0.1) is 12.8 Å². The molecule has 0 unspecified atom stereocenters. The standard InChI is InChI=1S/C19H21NO5/c1-13-4-2-5-14(12-13)24-11-9-20-17(21)8-7-15(19(22)23)18(20)16-6-3-10-25-16/h2-6,10,12,15,18H,7-9,11H2,1H3,(H,22,23)/t15-,18-/m0/s1. The lowest BCUT2D eigenvalue weighted by Gasteiger charge is -2.38. The molecular weight excluding hydrogens is 322 g/mol. The van der Waals surface area contributed by atoms with Gasteiger partial charge in [-0.2, -0.15) is 0 Å². The number of rotatable bonds is 6. The maximum absolute atomic E-state index is 12.4. The van der Waals surface area contributed by atoms with E-state index in [0.717, 1.165) is 11.3 Å². The molecule has 1 aliphatic rings. The van der Waals surface area contributed by atoms with Gasteiger partial charge in [-0.05, 0) is 43.2 Å². The van der Waals surface area contributed by atoms with Crippen molar-refractivity contribution in [1.29, 1.82) is 0 Å². The monoisotopic (exact) mass is 343 g/mol. The van der Waals surface area contributed by atoms with Gasteiger partial charge >= 0.3 is 5.97 Å². The summed E-state index contributed by atoms with van der Waals surface area (Å²) in [6.07, 6.45) is 2.03. The number of ether oxygens (including phenoxy) is 1. The molecular formula is C19H21NO5. The van der Waals surface area contributed by atoms with Crippen molar-refractivity contribution in [1.82, 2.24) is 4.90 Å². The van der Waals surface area contributed by atoms with Crippen LogP contribution >= 0.6 is 0 Å². The van der Waals surface area contributed by atoms with E-state index in [9.17, 15) is 14.7 Å². The molecule has 2 aromatic rings. The zero-order valence-electron chi connectivity index (χ0n) is 14.1. The lowest BCUT2D eigenvalue weighted by Crippen LogP contribution is -2.46. The van der Waals surface area contributed by atoms with Gasteiger partial charge in [0.2, 0.25) is 5.91 Å². The van der Waals surface area contributed by atoms with Gasteiger partial charge in [0, 0.05) is 6.42 Å². The molecule has 0 radical (unpaired) electrons. The highest BCUT2D eigenvalue weighted by Gasteiger charge is 2.42. The number of nitrogens with zero attached hydrogens (tertiary/aromatic N) is 1. The van der Waals surface area contributed by atoms with Crippen LogP contribution in [-0.4, -0.2) is 35.0 Å². The number of carbonyl (C=O) groups is 2. The summed E-state index contributed by atoms with van der Waals surface area (Å²) in [5, 5.41) is 9.53. The maximum Gasteiger partial charge on any atom is 0.309 e. The van der Waals surface area contributed by atoms with Crippen LogP contribution in [0.15, 0.2) is 47.1 Å². The number of furan rings is 1. The molecule has 1 saturated heterocycles. The summed E-state index contributed by atoms with van der Waals surface area (Å²) >= 11 is 0. The van der Waals surface area contributed by atoms with Crippen LogP contribution in [0.25, 0.3) is 0 Å². The first-order chi connectivity index (χ1) is 12.1. The molecule has 6 nitrogen and oxygen atoms in total. The number of likely N-dealkylation sites (tertiary alicyclic amines) is 1. The van der Waals surface area contributed by atoms with Gasteiger partial charge in [-0.1, -0.05) is 12.1 Å². The highest BCUT2D eigenvalue weighted by atomic mass is 16.5. The molecule has 25 heavy (non-hydrogen) atoms. The van der Waals surface area contributed by atoms with Gasteiger partial charge in [0.1, 0.15) is 24.2 Å². The predicted octanol–water partition coefficient (Wildman–Crippen LogP) is 3.03. The largest absolute Gasteiger partial charge is 0.492 e. The lowest BCUT2D eigenvalue weighted by molar-refractivity contribution is -0.153. The number of amides is 1. The first-order valence-electron chi connectivity index (χ1n) is 8.31. The summed E-state index contributed by atoms with van der Waals surface area (Å²) in [6, 6.07) is 10.5. The number of aliphatic carboxylic acids is 1. The number of benzene rings is 1. The second-order valence-electron chi connectivity index (χ2n) is 6.20. The minimum atomic E-state index is -0.918. The molecule has 0 spiro atoms. The summed E-state index contributed by atoms with van der Waals surface area (Å²) in [5.41, 5.74) is 1.09. The van der Waals surface area contributed by atoms with Gasteiger partial charge in [0.25, 0.3) is 0 Å². The Hall–Kier alpha value is -2.76. The van der Waals surface area contributed by atoms with Crippen molar-refractivity contribution in [2.75, 3.05) is 13.2 Å². The molecule has 2 atom stereocenters. The Balaban J connectivity index is 1.73. The third-order valence-corrected chi connectivity index (χ3v) is 4.45. The predicted molar refractivity (Wildman–Crippen MR) is 90.2 cm³/mol. The van der Waals surface area contributed by atoms with Gasteiger partial charge in [-0.15, -0.1) is 0 Å².